The number of rotatable bonds is 2. The molecule has 0 spiro atoms. The van der Waals surface area contributed by atoms with Crippen LogP contribution < -0.4 is 0 Å². The molecule has 0 fully saturated rings. The molecular weight excluding hydrogens is 377 g/mol. The first-order chi connectivity index (χ1) is 10.8. The molecule has 3 aromatic rings. The third kappa shape index (κ3) is 3.19. The van der Waals surface area contributed by atoms with Crippen LogP contribution in [-0.2, 0) is 6.18 Å². The number of phenols is 1. The van der Waals surface area contributed by atoms with E-state index in [9.17, 15) is 18.3 Å². The van der Waals surface area contributed by atoms with E-state index in [1.54, 1.807) is 12.1 Å². The molecule has 0 saturated carbocycles. The standard InChI is InChI=1S/C14H8BrF3N4O/c15-8-2-4-11(23)9(5-8)12-20-13(22-21-12)10-3-1-7(6-19-10)14(16,17)18/h1-6,23H,(H,20,21,22). The summed E-state index contributed by atoms with van der Waals surface area (Å²) >= 11 is 3.28. The highest BCUT2D eigenvalue weighted by Crippen LogP contribution is 2.31. The van der Waals surface area contributed by atoms with Gasteiger partial charge in [-0.2, -0.15) is 18.3 Å². The Balaban J connectivity index is 1.94. The molecule has 0 unspecified atom stereocenters. The normalized spacial score (nSPS) is 11.7. The van der Waals surface area contributed by atoms with E-state index in [1.807, 2.05) is 0 Å². The van der Waals surface area contributed by atoms with Crippen LogP contribution in [0.1, 0.15) is 5.56 Å². The third-order valence-corrected chi connectivity index (χ3v) is 3.51. The number of aromatic amines is 1. The number of aromatic hydroxyl groups is 1. The zero-order valence-electron chi connectivity index (χ0n) is 11.3. The molecule has 0 atom stereocenters. The summed E-state index contributed by atoms with van der Waals surface area (Å²) in [6.45, 7) is 0. The van der Waals surface area contributed by atoms with Crippen molar-refractivity contribution in [1.82, 2.24) is 20.2 Å². The minimum Gasteiger partial charge on any atom is -0.507 e. The van der Waals surface area contributed by atoms with Gasteiger partial charge in [-0.15, -0.1) is 0 Å². The Bertz CT molecular complexity index is 846. The van der Waals surface area contributed by atoms with Crippen LogP contribution in [-0.4, -0.2) is 25.3 Å². The summed E-state index contributed by atoms with van der Waals surface area (Å²) in [6, 6.07) is 6.89. The highest BCUT2D eigenvalue weighted by Gasteiger charge is 2.30. The SMILES string of the molecule is Oc1ccc(Br)cc1-c1nc(-c2ccc(C(F)(F)F)cn2)n[nH]1. The largest absolute Gasteiger partial charge is 0.507 e. The maximum absolute atomic E-state index is 12.5. The van der Waals surface area contributed by atoms with Crippen molar-refractivity contribution in [2.24, 2.45) is 0 Å². The smallest absolute Gasteiger partial charge is 0.417 e. The predicted octanol–water partition coefficient (Wildman–Crippen LogP) is 4.02. The topological polar surface area (TPSA) is 74.7 Å². The highest BCUT2D eigenvalue weighted by molar-refractivity contribution is 9.10. The fourth-order valence-corrected chi connectivity index (χ4v) is 2.25. The Morgan fingerprint density at radius 1 is 1.13 bits per heavy atom. The third-order valence-electron chi connectivity index (χ3n) is 3.02. The predicted molar refractivity (Wildman–Crippen MR) is 79.4 cm³/mol. The van der Waals surface area contributed by atoms with Gasteiger partial charge in [0.1, 0.15) is 11.4 Å². The number of hydrogen-bond donors (Lipinski definition) is 2. The Hall–Kier alpha value is -2.42. The van der Waals surface area contributed by atoms with Gasteiger partial charge in [0.05, 0.1) is 11.1 Å². The van der Waals surface area contributed by atoms with Crippen LogP contribution in [0.15, 0.2) is 41.0 Å². The molecule has 0 aliphatic carbocycles. The van der Waals surface area contributed by atoms with Crippen LogP contribution in [0, 0.1) is 0 Å². The van der Waals surface area contributed by atoms with E-state index in [1.165, 1.54) is 12.1 Å². The number of halogens is 4. The Kier molecular flexibility index (Phi) is 3.80. The molecule has 1 aromatic carbocycles. The maximum Gasteiger partial charge on any atom is 0.417 e. The molecule has 2 aromatic heterocycles. The van der Waals surface area contributed by atoms with Gasteiger partial charge in [0.15, 0.2) is 11.6 Å². The summed E-state index contributed by atoms with van der Waals surface area (Å²) in [4.78, 5) is 7.88. The first-order valence-corrected chi connectivity index (χ1v) is 7.09. The summed E-state index contributed by atoms with van der Waals surface area (Å²) < 4.78 is 38.3. The molecule has 0 aliphatic heterocycles. The zero-order valence-corrected chi connectivity index (χ0v) is 12.9. The molecule has 23 heavy (non-hydrogen) atoms. The number of H-pyrrole nitrogens is 1. The van der Waals surface area contributed by atoms with E-state index in [0.717, 1.165) is 16.7 Å². The lowest BCUT2D eigenvalue weighted by molar-refractivity contribution is -0.137. The van der Waals surface area contributed by atoms with E-state index < -0.39 is 11.7 Å². The molecule has 0 bridgehead atoms. The number of nitrogens with one attached hydrogen (secondary N) is 1. The van der Waals surface area contributed by atoms with Gasteiger partial charge in [0, 0.05) is 10.7 Å². The van der Waals surface area contributed by atoms with E-state index in [2.05, 4.69) is 36.1 Å². The summed E-state index contributed by atoms with van der Waals surface area (Å²) in [5.74, 6) is 0.407. The number of phenolic OH excluding ortho intramolecular Hbond substituents is 1. The van der Waals surface area contributed by atoms with Crippen LogP contribution in [0.2, 0.25) is 0 Å². The van der Waals surface area contributed by atoms with Crippen LogP contribution in [0.3, 0.4) is 0 Å². The zero-order chi connectivity index (χ0) is 16.6. The fourth-order valence-electron chi connectivity index (χ4n) is 1.89. The summed E-state index contributed by atoms with van der Waals surface area (Å²) in [7, 11) is 0. The van der Waals surface area contributed by atoms with E-state index >= 15 is 0 Å². The Morgan fingerprint density at radius 3 is 2.57 bits per heavy atom. The van der Waals surface area contributed by atoms with Gasteiger partial charge in [0.25, 0.3) is 0 Å². The van der Waals surface area contributed by atoms with Gasteiger partial charge in [-0.25, -0.2) is 4.98 Å². The quantitative estimate of drug-likeness (QED) is 0.699. The van der Waals surface area contributed by atoms with Crippen LogP contribution in [0.5, 0.6) is 5.75 Å². The second-order valence-electron chi connectivity index (χ2n) is 4.60. The lowest BCUT2D eigenvalue weighted by Crippen LogP contribution is -2.05. The Morgan fingerprint density at radius 2 is 1.91 bits per heavy atom. The highest BCUT2D eigenvalue weighted by atomic mass is 79.9. The summed E-state index contributed by atoms with van der Waals surface area (Å²) in [6.07, 6.45) is -3.72. The average Bonchev–Trinajstić information content (AvgIpc) is 2.99. The number of alkyl halides is 3. The summed E-state index contributed by atoms with van der Waals surface area (Å²) in [5, 5.41) is 16.4. The first-order valence-electron chi connectivity index (χ1n) is 6.29. The minimum absolute atomic E-state index is 0.00345. The molecule has 5 nitrogen and oxygen atoms in total. The van der Waals surface area contributed by atoms with E-state index in [4.69, 9.17) is 0 Å². The van der Waals surface area contributed by atoms with Crippen molar-refractivity contribution in [3.05, 3.63) is 46.6 Å². The molecule has 0 saturated heterocycles. The molecule has 3 rings (SSSR count). The van der Waals surface area contributed by atoms with Crippen LogP contribution in [0.25, 0.3) is 22.9 Å². The van der Waals surface area contributed by atoms with Gasteiger partial charge in [-0.05, 0) is 30.3 Å². The second kappa shape index (κ2) is 5.65. The van der Waals surface area contributed by atoms with Gasteiger partial charge in [-0.1, -0.05) is 15.9 Å². The van der Waals surface area contributed by atoms with Crippen molar-refractivity contribution in [2.45, 2.75) is 6.18 Å². The monoisotopic (exact) mass is 384 g/mol. The molecular formula is C14H8BrF3N4O. The van der Waals surface area contributed by atoms with Crippen molar-refractivity contribution in [2.75, 3.05) is 0 Å². The second-order valence-corrected chi connectivity index (χ2v) is 5.51. The molecule has 0 radical (unpaired) electrons. The van der Waals surface area contributed by atoms with Gasteiger partial charge in [0.2, 0.25) is 0 Å². The van der Waals surface area contributed by atoms with E-state index in [-0.39, 0.29) is 23.1 Å². The first kappa shape index (κ1) is 15.5. The van der Waals surface area contributed by atoms with Crippen molar-refractivity contribution < 1.29 is 18.3 Å². The van der Waals surface area contributed by atoms with Crippen molar-refractivity contribution in [1.29, 1.82) is 0 Å². The van der Waals surface area contributed by atoms with Crippen LogP contribution in [0.4, 0.5) is 13.2 Å². The average molecular weight is 385 g/mol. The van der Waals surface area contributed by atoms with Gasteiger partial charge in [-0.3, -0.25) is 10.1 Å². The van der Waals surface area contributed by atoms with Gasteiger partial charge >= 0.3 is 6.18 Å². The number of nitrogens with zero attached hydrogens (tertiary/aromatic N) is 3. The fraction of sp³-hybridized carbons (Fsp3) is 0.0714. The minimum atomic E-state index is -4.45. The molecule has 118 valence electrons. The van der Waals surface area contributed by atoms with E-state index in [0.29, 0.717) is 5.56 Å². The molecule has 2 heterocycles. The number of pyridine rings is 1. The van der Waals surface area contributed by atoms with Crippen molar-refractivity contribution >= 4 is 15.9 Å². The molecule has 2 N–H and O–H groups in total. The lowest BCUT2D eigenvalue weighted by Gasteiger charge is -2.05. The van der Waals surface area contributed by atoms with Crippen LogP contribution >= 0.6 is 15.9 Å². The maximum atomic E-state index is 12.5. The Labute approximate surface area is 136 Å². The molecule has 0 amide bonds. The van der Waals surface area contributed by atoms with Crippen molar-refractivity contribution in [3.8, 4) is 28.7 Å². The van der Waals surface area contributed by atoms with Gasteiger partial charge < -0.3 is 5.11 Å². The molecule has 0 aliphatic rings. The lowest BCUT2D eigenvalue weighted by atomic mass is 10.2. The number of aromatic nitrogens is 4. The summed E-state index contributed by atoms with van der Waals surface area (Å²) in [5.41, 5.74) is -0.248. The van der Waals surface area contributed by atoms with Crippen molar-refractivity contribution in [3.63, 3.8) is 0 Å². The molecule has 9 heteroatoms. The number of hydrogen-bond acceptors (Lipinski definition) is 4. The number of benzene rings is 1.